The van der Waals surface area contributed by atoms with Gasteiger partial charge in [-0.05, 0) is 48.4 Å². The zero-order chi connectivity index (χ0) is 19.8. The van der Waals surface area contributed by atoms with E-state index in [2.05, 4.69) is 15.6 Å². The van der Waals surface area contributed by atoms with Crippen molar-refractivity contribution in [1.29, 1.82) is 0 Å². The van der Waals surface area contributed by atoms with Crippen LogP contribution in [0.5, 0.6) is 11.5 Å². The Morgan fingerprint density at radius 1 is 1.00 bits per heavy atom. The number of carbonyl (C=O) groups excluding carboxylic acids is 1. The number of rotatable bonds is 8. The van der Waals surface area contributed by atoms with Crippen molar-refractivity contribution in [3.05, 3.63) is 78.0 Å². The molecular weight excluding hydrogens is 354 g/mol. The number of aromatic nitrogens is 1. The van der Waals surface area contributed by atoms with E-state index in [1.54, 1.807) is 32.5 Å². The third-order valence-electron chi connectivity index (χ3n) is 4.23. The van der Waals surface area contributed by atoms with Gasteiger partial charge in [0.15, 0.2) is 0 Å². The molecule has 28 heavy (non-hydrogen) atoms. The summed E-state index contributed by atoms with van der Waals surface area (Å²) in [5, 5.41) is 6.10. The van der Waals surface area contributed by atoms with Crippen molar-refractivity contribution < 1.29 is 14.3 Å². The van der Waals surface area contributed by atoms with Crippen LogP contribution < -0.4 is 20.1 Å². The van der Waals surface area contributed by atoms with Gasteiger partial charge in [0.05, 0.1) is 25.5 Å². The first-order valence-corrected chi connectivity index (χ1v) is 8.97. The summed E-state index contributed by atoms with van der Waals surface area (Å²) in [5.41, 5.74) is 2.43. The molecular formula is C22H23N3O3. The first-order valence-electron chi connectivity index (χ1n) is 8.97. The van der Waals surface area contributed by atoms with E-state index >= 15 is 0 Å². The summed E-state index contributed by atoms with van der Waals surface area (Å²) >= 11 is 0. The number of pyridine rings is 1. The number of ether oxygens (including phenoxy) is 2. The minimum atomic E-state index is -0.153. The number of methoxy groups -OCH3 is 2. The molecule has 0 spiro atoms. The summed E-state index contributed by atoms with van der Waals surface area (Å²) in [7, 11) is 3.26. The lowest BCUT2D eigenvalue weighted by Gasteiger charge is -2.10. The van der Waals surface area contributed by atoms with E-state index in [1.165, 1.54) is 0 Å². The summed E-state index contributed by atoms with van der Waals surface area (Å²) in [5.74, 6) is 2.02. The van der Waals surface area contributed by atoms with E-state index < -0.39 is 0 Å². The molecule has 0 fully saturated rings. The van der Waals surface area contributed by atoms with Gasteiger partial charge < -0.3 is 20.1 Å². The molecule has 1 aromatic heterocycles. The van der Waals surface area contributed by atoms with Crippen LogP contribution in [0.4, 0.5) is 11.5 Å². The van der Waals surface area contributed by atoms with Gasteiger partial charge in [0, 0.05) is 12.7 Å². The molecule has 6 nitrogen and oxygen atoms in total. The lowest BCUT2D eigenvalue weighted by molar-refractivity contribution is 0.0954. The topological polar surface area (TPSA) is 72.5 Å². The lowest BCUT2D eigenvalue weighted by Crippen LogP contribution is -2.25. The predicted molar refractivity (Wildman–Crippen MR) is 110 cm³/mol. The SMILES string of the molecule is COc1cccc(CCNC(=O)c2ccc(Nc3ccccc3OC)nc2)c1. The summed E-state index contributed by atoms with van der Waals surface area (Å²) in [4.78, 5) is 16.6. The van der Waals surface area contributed by atoms with Crippen LogP contribution in [-0.2, 0) is 6.42 Å². The van der Waals surface area contributed by atoms with Crippen molar-refractivity contribution >= 4 is 17.4 Å². The Morgan fingerprint density at radius 2 is 1.86 bits per heavy atom. The van der Waals surface area contributed by atoms with Crippen LogP contribution in [0.1, 0.15) is 15.9 Å². The fourth-order valence-corrected chi connectivity index (χ4v) is 2.74. The average molecular weight is 377 g/mol. The molecule has 6 heteroatoms. The summed E-state index contributed by atoms with van der Waals surface area (Å²) in [6, 6.07) is 18.9. The Kier molecular flexibility index (Phi) is 6.46. The maximum Gasteiger partial charge on any atom is 0.252 e. The Hall–Kier alpha value is -3.54. The van der Waals surface area contributed by atoms with Gasteiger partial charge in [-0.3, -0.25) is 4.79 Å². The van der Waals surface area contributed by atoms with E-state index in [4.69, 9.17) is 9.47 Å². The predicted octanol–water partition coefficient (Wildman–Crippen LogP) is 3.81. The van der Waals surface area contributed by atoms with Crippen LogP contribution >= 0.6 is 0 Å². The number of hydrogen-bond acceptors (Lipinski definition) is 5. The quantitative estimate of drug-likeness (QED) is 0.624. The molecule has 0 atom stereocenters. The molecule has 0 radical (unpaired) electrons. The van der Waals surface area contributed by atoms with E-state index in [9.17, 15) is 4.79 Å². The highest BCUT2D eigenvalue weighted by molar-refractivity contribution is 5.94. The number of hydrogen-bond donors (Lipinski definition) is 2. The molecule has 1 heterocycles. The second kappa shape index (κ2) is 9.41. The maximum atomic E-state index is 12.3. The van der Waals surface area contributed by atoms with Crippen molar-refractivity contribution in [1.82, 2.24) is 10.3 Å². The van der Waals surface area contributed by atoms with Gasteiger partial charge in [-0.25, -0.2) is 4.98 Å². The van der Waals surface area contributed by atoms with Gasteiger partial charge in [0.25, 0.3) is 5.91 Å². The van der Waals surface area contributed by atoms with Crippen molar-refractivity contribution in [2.75, 3.05) is 26.1 Å². The third kappa shape index (κ3) is 5.01. The normalized spacial score (nSPS) is 10.2. The Balaban J connectivity index is 1.54. The Morgan fingerprint density at radius 3 is 2.61 bits per heavy atom. The minimum Gasteiger partial charge on any atom is -0.497 e. The van der Waals surface area contributed by atoms with Crippen molar-refractivity contribution in [3.8, 4) is 11.5 Å². The first-order chi connectivity index (χ1) is 13.7. The van der Waals surface area contributed by atoms with Crippen LogP contribution in [0.2, 0.25) is 0 Å². The number of nitrogens with one attached hydrogen (secondary N) is 2. The number of nitrogens with zero attached hydrogens (tertiary/aromatic N) is 1. The second-order valence-electron chi connectivity index (χ2n) is 6.11. The number of benzene rings is 2. The third-order valence-corrected chi connectivity index (χ3v) is 4.23. The highest BCUT2D eigenvalue weighted by Crippen LogP contribution is 2.26. The van der Waals surface area contributed by atoms with Crippen LogP contribution in [0.15, 0.2) is 66.9 Å². The first kappa shape index (κ1) is 19.2. The summed E-state index contributed by atoms with van der Waals surface area (Å²) in [6.45, 7) is 0.535. The molecule has 2 N–H and O–H groups in total. The molecule has 0 saturated heterocycles. The standard InChI is InChI=1S/C22H23N3O3/c1-27-18-7-5-6-16(14-18)12-13-23-22(26)17-10-11-21(24-15-17)25-19-8-3-4-9-20(19)28-2/h3-11,14-15H,12-13H2,1-2H3,(H,23,26)(H,24,25). The van der Waals surface area contributed by atoms with Gasteiger partial charge in [-0.1, -0.05) is 24.3 Å². The summed E-state index contributed by atoms with van der Waals surface area (Å²) in [6.07, 6.45) is 2.28. The van der Waals surface area contributed by atoms with E-state index in [1.807, 2.05) is 48.5 Å². The Bertz CT molecular complexity index is 926. The molecule has 0 saturated carbocycles. The molecule has 0 aliphatic carbocycles. The van der Waals surface area contributed by atoms with Crippen LogP contribution in [0.25, 0.3) is 0 Å². The van der Waals surface area contributed by atoms with Crippen molar-refractivity contribution in [2.45, 2.75) is 6.42 Å². The molecule has 0 aliphatic heterocycles. The fraction of sp³-hybridized carbons (Fsp3) is 0.182. The molecule has 1 amide bonds. The largest absolute Gasteiger partial charge is 0.497 e. The highest BCUT2D eigenvalue weighted by atomic mass is 16.5. The highest BCUT2D eigenvalue weighted by Gasteiger charge is 2.07. The van der Waals surface area contributed by atoms with Crippen LogP contribution in [0.3, 0.4) is 0 Å². The van der Waals surface area contributed by atoms with E-state index in [0.717, 1.165) is 29.2 Å². The van der Waals surface area contributed by atoms with Gasteiger partial charge in [-0.2, -0.15) is 0 Å². The number of carbonyl (C=O) groups is 1. The molecule has 144 valence electrons. The Labute approximate surface area is 164 Å². The van der Waals surface area contributed by atoms with Crippen molar-refractivity contribution in [2.24, 2.45) is 0 Å². The van der Waals surface area contributed by atoms with E-state index in [0.29, 0.717) is 17.9 Å². The molecule has 3 aromatic rings. The van der Waals surface area contributed by atoms with Crippen LogP contribution in [0, 0.1) is 0 Å². The van der Waals surface area contributed by atoms with Gasteiger partial charge >= 0.3 is 0 Å². The maximum absolute atomic E-state index is 12.3. The monoisotopic (exact) mass is 377 g/mol. The fourth-order valence-electron chi connectivity index (χ4n) is 2.74. The molecule has 0 aliphatic rings. The lowest BCUT2D eigenvalue weighted by atomic mass is 10.1. The summed E-state index contributed by atoms with van der Waals surface area (Å²) < 4.78 is 10.5. The zero-order valence-corrected chi connectivity index (χ0v) is 15.9. The van der Waals surface area contributed by atoms with Gasteiger partial charge in [-0.15, -0.1) is 0 Å². The minimum absolute atomic E-state index is 0.153. The molecule has 0 bridgehead atoms. The average Bonchev–Trinajstić information content (AvgIpc) is 2.74. The van der Waals surface area contributed by atoms with Crippen molar-refractivity contribution in [3.63, 3.8) is 0 Å². The van der Waals surface area contributed by atoms with Gasteiger partial charge in [0.1, 0.15) is 17.3 Å². The molecule has 3 rings (SSSR count). The second-order valence-corrected chi connectivity index (χ2v) is 6.11. The number of anilines is 2. The molecule has 2 aromatic carbocycles. The number of para-hydroxylation sites is 2. The van der Waals surface area contributed by atoms with Gasteiger partial charge in [0.2, 0.25) is 0 Å². The van der Waals surface area contributed by atoms with Crippen LogP contribution in [-0.4, -0.2) is 31.7 Å². The molecule has 0 unspecified atom stereocenters. The smallest absolute Gasteiger partial charge is 0.252 e. The van der Waals surface area contributed by atoms with E-state index in [-0.39, 0.29) is 5.91 Å². The zero-order valence-electron chi connectivity index (χ0n) is 15.9. The number of amides is 1.